The van der Waals surface area contributed by atoms with E-state index in [0.29, 0.717) is 6.07 Å². The van der Waals surface area contributed by atoms with Gasteiger partial charge in [-0.25, -0.2) is 4.79 Å². The van der Waals surface area contributed by atoms with Crippen molar-refractivity contribution in [2.75, 3.05) is 5.32 Å². The van der Waals surface area contributed by atoms with Gasteiger partial charge in [0, 0.05) is 0 Å². The van der Waals surface area contributed by atoms with Crippen LogP contribution in [0.1, 0.15) is 19.4 Å². The minimum Gasteiger partial charge on any atom is -0.456 e. The van der Waals surface area contributed by atoms with Gasteiger partial charge < -0.3 is 10.1 Å². The Morgan fingerprint density at radius 2 is 1.90 bits per heavy atom. The standard InChI is InChI=1S/C12H11ClF3NO3/c1-6(2)20-11(19)10(18)17-9-5-7(12(14,15)16)3-4-8(9)13/h3-6H,1-2H3,(H,17,18). The molecule has 110 valence electrons. The Morgan fingerprint density at radius 1 is 1.30 bits per heavy atom. The van der Waals surface area contributed by atoms with Crippen LogP contribution >= 0.6 is 11.6 Å². The van der Waals surface area contributed by atoms with Gasteiger partial charge in [-0.05, 0) is 32.0 Å². The van der Waals surface area contributed by atoms with E-state index in [1.165, 1.54) is 13.8 Å². The molecule has 0 heterocycles. The van der Waals surface area contributed by atoms with E-state index in [0.717, 1.165) is 12.1 Å². The summed E-state index contributed by atoms with van der Waals surface area (Å²) in [6.07, 6.45) is -5.10. The summed E-state index contributed by atoms with van der Waals surface area (Å²) in [5, 5.41) is 1.86. The van der Waals surface area contributed by atoms with Gasteiger partial charge >= 0.3 is 18.1 Å². The normalized spacial score (nSPS) is 11.3. The van der Waals surface area contributed by atoms with Crippen molar-refractivity contribution in [2.24, 2.45) is 0 Å². The molecule has 0 unspecified atom stereocenters. The molecular formula is C12H11ClF3NO3. The number of anilines is 1. The number of amides is 1. The van der Waals surface area contributed by atoms with Crippen LogP contribution in [0.2, 0.25) is 5.02 Å². The second kappa shape index (κ2) is 6.13. The van der Waals surface area contributed by atoms with Gasteiger partial charge in [-0.15, -0.1) is 0 Å². The fourth-order valence-corrected chi connectivity index (χ4v) is 1.40. The maximum absolute atomic E-state index is 12.5. The van der Waals surface area contributed by atoms with Crippen molar-refractivity contribution < 1.29 is 27.5 Å². The molecule has 0 radical (unpaired) electrons. The van der Waals surface area contributed by atoms with Crippen molar-refractivity contribution in [3.63, 3.8) is 0 Å². The van der Waals surface area contributed by atoms with E-state index in [-0.39, 0.29) is 10.7 Å². The Morgan fingerprint density at radius 3 is 2.40 bits per heavy atom. The number of ether oxygens (including phenoxy) is 1. The minimum absolute atomic E-state index is 0.122. The van der Waals surface area contributed by atoms with Crippen LogP contribution in [0.3, 0.4) is 0 Å². The third kappa shape index (κ3) is 4.41. The molecule has 0 fully saturated rings. The van der Waals surface area contributed by atoms with Gasteiger partial charge in [0.05, 0.1) is 22.4 Å². The number of rotatable bonds is 2. The highest BCUT2D eigenvalue weighted by Gasteiger charge is 2.31. The monoisotopic (exact) mass is 309 g/mol. The number of nitrogens with one attached hydrogen (secondary N) is 1. The second-order valence-corrected chi connectivity index (χ2v) is 4.51. The molecular weight excluding hydrogens is 299 g/mol. The second-order valence-electron chi connectivity index (χ2n) is 4.10. The molecule has 1 aromatic carbocycles. The van der Waals surface area contributed by atoms with E-state index in [1.54, 1.807) is 0 Å². The molecule has 0 aromatic heterocycles. The van der Waals surface area contributed by atoms with Gasteiger partial charge in [-0.1, -0.05) is 11.6 Å². The molecule has 1 rings (SSSR count). The molecule has 4 nitrogen and oxygen atoms in total. The summed E-state index contributed by atoms with van der Waals surface area (Å²) in [6.45, 7) is 3.06. The highest BCUT2D eigenvalue weighted by molar-refractivity contribution is 6.39. The third-order valence-electron chi connectivity index (χ3n) is 2.07. The molecule has 1 aromatic rings. The molecule has 0 saturated heterocycles. The first kappa shape index (κ1) is 16.3. The summed E-state index contributed by atoms with van der Waals surface area (Å²) in [5.74, 6) is -2.39. The summed E-state index contributed by atoms with van der Waals surface area (Å²) in [6, 6.07) is 2.39. The van der Waals surface area contributed by atoms with Crippen LogP contribution in [-0.2, 0) is 20.5 Å². The number of carbonyl (C=O) groups excluding carboxylic acids is 2. The van der Waals surface area contributed by atoms with Crippen molar-refractivity contribution in [3.05, 3.63) is 28.8 Å². The Kier molecular flexibility index (Phi) is 4.99. The predicted molar refractivity (Wildman–Crippen MR) is 66.3 cm³/mol. The zero-order valence-electron chi connectivity index (χ0n) is 10.5. The lowest BCUT2D eigenvalue weighted by atomic mass is 10.2. The predicted octanol–water partition coefficient (Wildman–Crippen LogP) is 3.25. The Labute approximate surface area is 117 Å². The molecule has 0 aliphatic carbocycles. The number of alkyl halides is 3. The van der Waals surface area contributed by atoms with Gasteiger partial charge in [0.1, 0.15) is 0 Å². The highest BCUT2D eigenvalue weighted by Crippen LogP contribution is 2.33. The third-order valence-corrected chi connectivity index (χ3v) is 2.40. The van der Waals surface area contributed by atoms with Crippen LogP contribution in [0.25, 0.3) is 0 Å². The summed E-state index contributed by atoms with van der Waals surface area (Å²) in [5.41, 5.74) is -1.30. The Hall–Kier alpha value is -1.76. The Bertz CT molecular complexity index is 529. The molecule has 0 saturated carbocycles. The highest BCUT2D eigenvalue weighted by atomic mass is 35.5. The lowest BCUT2D eigenvalue weighted by Gasteiger charge is -2.12. The molecule has 20 heavy (non-hydrogen) atoms. The molecule has 1 amide bonds. The first-order chi connectivity index (χ1) is 9.11. The average molecular weight is 310 g/mol. The molecule has 8 heteroatoms. The average Bonchev–Trinajstić information content (AvgIpc) is 2.29. The molecule has 1 N–H and O–H groups in total. The topological polar surface area (TPSA) is 55.4 Å². The minimum atomic E-state index is -4.58. The summed E-state index contributed by atoms with van der Waals surface area (Å²) >= 11 is 5.67. The van der Waals surface area contributed by atoms with Gasteiger partial charge in [0.15, 0.2) is 0 Å². The van der Waals surface area contributed by atoms with E-state index >= 15 is 0 Å². The van der Waals surface area contributed by atoms with Crippen molar-refractivity contribution in [2.45, 2.75) is 26.1 Å². The number of esters is 1. The van der Waals surface area contributed by atoms with Gasteiger partial charge in [-0.3, -0.25) is 4.79 Å². The van der Waals surface area contributed by atoms with E-state index in [4.69, 9.17) is 11.6 Å². The lowest BCUT2D eigenvalue weighted by Crippen LogP contribution is -2.27. The van der Waals surface area contributed by atoms with Crippen LogP contribution in [0.15, 0.2) is 18.2 Å². The molecule has 0 bridgehead atoms. The fourth-order valence-electron chi connectivity index (χ4n) is 1.24. The fraction of sp³-hybridized carbons (Fsp3) is 0.333. The van der Waals surface area contributed by atoms with Gasteiger partial charge in [0.25, 0.3) is 0 Å². The number of hydrogen-bond donors (Lipinski definition) is 1. The summed E-state index contributed by atoms with van der Waals surface area (Å²) in [7, 11) is 0. The maximum Gasteiger partial charge on any atom is 0.416 e. The van der Waals surface area contributed by atoms with Crippen LogP contribution in [-0.4, -0.2) is 18.0 Å². The first-order valence-electron chi connectivity index (χ1n) is 5.50. The largest absolute Gasteiger partial charge is 0.456 e. The van der Waals surface area contributed by atoms with E-state index < -0.39 is 29.7 Å². The SMILES string of the molecule is CC(C)OC(=O)C(=O)Nc1cc(C(F)(F)F)ccc1Cl. The quantitative estimate of drug-likeness (QED) is 0.674. The van der Waals surface area contributed by atoms with Crippen molar-refractivity contribution in [1.29, 1.82) is 0 Å². The van der Waals surface area contributed by atoms with E-state index in [1.807, 2.05) is 5.32 Å². The molecule has 0 aliphatic rings. The van der Waals surface area contributed by atoms with Crippen molar-refractivity contribution >= 4 is 29.2 Å². The van der Waals surface area contributed by atoms with E-state index in [2.05, 4.69) is 4.74 Å². The van der Waals surface area contributed by atoms with Crippen LogP contribution in [0.5, 0.6) is 0 Å². The zero-order valence-corrected chi connectivity index (χ0v) is 11.3. The molecule has 0 atom stereocenters. The van der Waals surface area contributed by atoms with Crippen LogP contribution < -0.4 is 5.32 Å². The number of benzene rings is 1. The number of halogens is 4. The van der Waals surface area contributed by atoms with E-state index in [9.17, 15) is 22.8 Å². The lowest BCUT2D eigenvalue weighted by molar-refractivity contribution is -0.155. The summed E-state index contributed by atoms with van der Waals surface area (Å²) in [4.78, 5) is 22.7. The number of hydrogen-bond acceptors (Lipinski definition) is 3. The van der Waals surface area contributed by atoms with Gasteiger partial charge in [-0.2, -0.15) is 13.2 Å². The van der Waals surface area contributed by atoms with Gasteiger partial charge in [0.2, 0.25) is 0 Å². The Balaban J connectivity index is 2.92. The smallest absolute Gasteiger partial charge is 0.416 e. The first-order valence-corrected chi connectivity index (χ1v) is 5.87. The van der Waals surface area contributed by atoms with Crippen molar-refractivity contribution in [3.8, 4) is 0 Å². The molecule has 0 aliphatic heterocycles. The maximum atomic E-state index is 12.5. The zero-order chi connectivity index (χ0) is 15.5. The summed E-state index contributed by atoms with van der Waals surface area (Å²) < 4.78 is 42.2. The van der Waals surface area contributed by atoms with Crippen LogP contribution in [0.4, 0.5) is 18.9 Å². The van der Waals surface area contributed by atoms with Crippen LogP contribution in [0, 0.1) is 0 Å². The van der Waals surface area contributed by atoms with Crippen molar-refractivity contribution in [1.82, 2.24) is 0 Å². The number of carbonyl (C=O) groups is 2. The molecule has 0 spiro atoms.